The Kier molecular flexibility index (Phi) is 5.37. The number of ether oxygens (including phenoxy) is 2. The van der Waals surface area contributed by atoms with Gasteiger partial charge in [0.15, 0.2) is 0 Å². The largest absolute Gasteiger partial charge is 0.497 e. The average molecular weight is 250 g/mol. The molecule has 0 heterocycles. The molecule has 96 valence electrons. The van der Waals surface area contributed by atoms with Crippen LogP contribution in [-0.4, -0.2) is 31.8 Å². The van der Waals surface area contributed by atoms with Gasteiger partial charge in [-0.2, -0.15) is 5.10 Å². The van der Waals surface area contributed by atoms with Crippen LogP contribution < -0.4 is 10.2 Å². The molecule has 0 aromatic heterocycles. The van der Waals surface area contributed by atoms with Crippen molar-refractivity contribution in [3.8, 4) is 5.75 Å². The molecule has 1 N–H and O–H groups in total. The summed E-state index contributed by atoms with van der Waals surface area (Å²) in [7, 11) is 1.57. The van der Waals surface area contributed by atoms with E-state index in [9.17, 15) is 9.59 Å². The van der Waals surface area contributed by atoms with Gasteiger partial charge in [0, 0.05) is 0 Å². The second kappa shape index (κ2) is 7.05. The zero-order valence-electron chi connectivity index (χ0n) is 10.2. The van der Waals surface area contributed by atoms with E-state index in [4.69, 9.17) is 4.74 Å². The van der Waals surface area contributed by atoms with Crippen molar-refractivity contribution in [3.05, 3.63) is 29.8 Å². The second-order valence-electron chi connectivity index (χ2n) is 3.19. The van der Waals surface area contributed by atoms with E-state index in [2.05, 4.69) is 15.3 Å². The lowest BCUT2D eigenvalue weighted by Crippen LogP contribution is -2.28. The molecule has 1 aromatic rings. The standard InChI is InChI=1S/C12H14N2O4/c1-3-18-12(16)11(15)14-13-8-9-4-6-10(17-2)7-5-9/h4-8H,3H2,1-2H3,(H,14,15)/b13-8-. The molecule has 18 heavy (non-hydrogen) atoms. The summed E-state index contributed by atoms with van der Waals surface area (Å²) in [6.07, 6.45) is 1.41. The van der Waals surface area contributed by atoms with Gasteiger partial charge in [0.25, 0.3) is 0 Å². The molecule has 0 aliphatic rings. The lowest BCUT2D eigenvalue weighted by molar-refractivity contribution is -0.154. The summed E-state index contributed by atoms with van der Waals surface area (Å²) >= 11 is 0. The Labute approximate surface area is 105 Å². The summed E-state index contributed by atoms with van der Waals surface area (Å²) in [6, 6.07) is 7.04. The van der Waals surface area contributed by atoms with Crippen molar-refractivity contribution in [3.63, 3.8) is 0 Å². The van der Waals surface area contributed by atoms with E-state index in [0.29, 0.717) is 0 Å². The molecule has 0 fully saturated rings. The van der Waals surface area contributed by atoms with Crippen molar-refractivity contribution in [2.24, 2.45) is 5.10 Å². The lowest BCUT2D eigenvalue weighted by Gasteiger charge is -2.00. The summed E-state index contributed by atoms with van der Waals surface area (Å²) in [5, 5.41) is 3.63. The summed E-state index contributed by atoms with van der Waals surface area (Å²) in [4.78, 5) is 22.0. The van der Waals surface area contributed by atoms with Gasteiger partial charge in [-0.1, -0.05) is 0 Å². The number of methoxy groups -OCH3 is 1. The Morgan fingerprint density at radius 3 is 2.56 bits per heavy atom. The number of hydrazone groups is 1. The summed E-state index contributed by atoms with van der Waals surface area (Å²) in [5.74, 6) is -1.13. The van der Waals surface area contributed by atoms with Gasteiger partial charge in [-0.25, -0.2) is 10.2 Å². The number of nitrogens with one attached hydrogen (secondary N) is 1. The van der Waals surface area contributed by atoms with Crippen molar-refractivity contribution in [2.45, 2.75) is 6.92 Å². The van der Waals surface area contributed by atoms with Crippen LogP contribution in [0.4, 0.5) is 0 Å². The smallest absolute Gasteiger partial charge is 0.398 e. The van der Waals surface area contributed by atoms with Crippen LogP contribution in [0.5, 0.6) is 5.75 Å². The number of benzene rings is 1. The van der Waals surface area contributed by atoms with Crippen molar-refractivity contribution in [2.75, 3.05) is 13.7 Å². The highest BCUT2D eigenvalue weighted by Gasteiger charge is 2.12. The van der Waals surface area contributed by atoms with E-state index in [1.807, 2.05) is 0 Å². The highest BCUT2D eigenvalue weighted by atomic mass is 16.5. The maximum absolute atomic E-state index is 11.1. The van der Waals surface area contributed by atoms with E-state index < -0.39 is 11.9 Å². The van der Waals surface area contributed by atoms with Crippen LogP contribution >= 0.6 is 0 Å². The van der Waals surface area contributed by atoms with Crippen LogP contribution in [0.3, 0.4) is 0 Å². The Bertz CT molecular complexity index is 440. The van der Waals surface area contributed by atoms with E-state index in [-0.39, 0.29) is 6.61 Å². The topological polar surface area (TPSA) is 77.0 Å². The predicted molar refractivity (Wildman–Crippen MR) is 65.4 cm³/mol. The molecule has 0 atom stereocenters. The normalized spacial score (nSPS) is 10.1. The van der Waals surface area contributed by atoms with Crippen LogP contribution in [0.1, 0.15) is 12.5 Å². The summed E-state index contributed by atoms with van der Waals surface area (Å²) in [6.45, 7) is 1.76. The van der Waals surface area contributed by atoms with Crippen molar-refractivity contribution >= 4 is 18.1 Å². The number of carbonyl (C=O) groups is 2. The minimum absolute atomic E-state index is 0.147. The maximum Gasteiger partial charge on any atom is 0.398 e. The Morgan fingerprint density at radius 1 is 1.33 bits per heavy atom. The van der Waals surface area contributed by atoms with Crippen molar-refractivity contribution in [1.29, 1.82) is 0 Å². The molecule has 0 unspecified atom stereocenters. The number of hydrogen-bond acceptors (Lipinski definition) is 5. The Morgan fingerprint density at radius 2 is 2.00 bits per heavy atom. The summed E-state index contributed by atoms with van der Waals surface area (Å²) in [5.41, 5.74) is 2.83. The van der Waals surface area contributed by atoms with Crippen LogP contribution in [-0.2, 0) is 14.3 Å². The van der Waals surface area contributed by atoms with Crippen LogP contribution in [0.2, 0.25) is 0 Å². The molecule has 6 heteroatoms. The molecule has 0 aliphatic heterocycles. The van der Waals surface area contributed by atoms with Gasteiger partial charge < -0.3 is 9.47 Å². The Hall–Kier alpha value is -2.37. The lowest BCUT2D eigenvalue weighted by atomic mass is 10.2. The van der Waals surface area contributed by atoms with E-state index in [0.717, 1.165) is 11.3 Å². The van der Waals surface area contributed by atoms with Gasteiger partial charge >= 0.3 is 11.9 Å². The molecule has 0 aliphatic carbocycles. The molecule has 0 spiro atoms. The SMILES string of the molecule is CCOC(=O)C(=O)N/N=C\c1ccc(OC)cc1. The predicted octanol–water partition coefficient (Wildman–Crippen LogP) is 0.708. The van der Waals surface area contributed by atoms with Gasteiger partial charge in [0.1, 0.15) is 5.75 Å². The first kappa shape index (κ1) is 13.7. The number of rotatable bonds is 4. The second-order valence-corrected chi connectivity index (χ2v) is 3.19. The first-order chi connectivity index (χ1) is 8.67. The fraction of sp³-hybridized carbons (Fsp3) is 0.250. The fourth-order valence-electron chi connectivity index (χ4n) is 1.10. The minimum Gasteiger partial charge on any atom is -0.497 e. The quantitative estimate of drug-likeness (QED) is 0.369. The minimum atomic E-state index is -0.954. The third kappa shape index (κ3) is 4.25. The van der Waals surface area contributed by atoms with Gasteiger partial charge in [-0.15, -0.1) is 0 Å². The summed E-state index contributed by atoms with van der Waals surface area (Å²) < 4.78 is 9.49. The van der Waals surface area contributed by atoms with Crippen molar-refractivity contribution < 1.29 is 19.1 Å². The molecule has 6 nitrogen and oxygen atoms in total. The molecular weight excluding hydrogens is 236 g/mol. The number of esters is 1. The van der Waals surface area contributed by atoms with E-state index in [1.165, 1.54) is 6.21 Å². The van der Waals surface area contributed by atoms with Crippen LogP contribution in [0, 0.1) is 0 Å². The van der Waals surface area contributed by atoms with Crippen LogP contribution in [0.25, 0.3) is 0 Å². The van der Waals surface area contributed by atoms with E-state index >= 15 is 0 Å². The molecular formula is C12H14N2O4. The zero-order chi connectivity index (χ0) is 13.4. The average Bonchev–Trinajstić information content (AvgIpc) is 2.39. The first-order valence-electron chi connectivity index (χ1n) is 5.31. The molecule has 0 saturated carbocycles. The number of amides is 1. The number of nitrogens with zero attached hydrogens (tertiary/aromatic N) is 1. The first-order valence-corrected chi connectivity index (χ1v) is 5.31. The molecule has 0 saturated heterocycles. The zero-order valence-corrected chi connectivity index (χ0v) is 10.2. The van der Waals surface area contributed by atoms with Gasteiger partial charge in [0.05, 0.1) is 19.9 Å². The van der Waals surface area contributed by atoms with Gasteiger partial charge in [0.2, 0.25) is 0 Å². The maximum atomic E-state index is 11.1. The Balaban J connectivity index is 2.49. The van der Waals surface area contributed by atoms with Crippen molar-refractivity contribution in [1.82, 2.24) is 5.43 Å². The number of carbonyl (C=O) groups excluding carboxylic acids is 2. The highest BCUT2D eigenvalue weighted by Crippen LogP contribution is 2.09. The van der Waals surface area contributed by atoms with E-state index in [1.54, 1.807) is 38.3 Å². The van der Waals surface area contributed by atoms with Gasteiger partial charge in [-0.3, -0.25) is 4.79 Å². The molecule has 0 bridgehead atoms. The third-order valence-electron chi connectivity index (χ3n) is 1.96. The number of hydrogen-bond donors (Lipinski definition) is 1. The third-order valence-corrected chi connectivity index (χ3v) is 1.96. The van der Waals surface area contributed by atoms with Crippen LogP contribution in [0.15, 0.2) is 29.4 Å². The molecule has 1 amide bonds. The van der Waals surface area contributed by atoms with Gasteiger partial charge in [-0.05, 0) is 36.8 Å². The fourth-order valence-corrected chi connectivity index (χ4v) is 1.10. The monoisotopic (exact) mass is 250 g/mol. The highest BCUT2D eigenvalue weighted by molar-refractivity contribution is 6.32. The molecule has 0 radical (unpaired) electrons. The molecule has 1 rings (SSSR count). The molecule has 1 aromatic carbocycles.